The normalized spacial score (nSPS) is 13.7. The van der Waals surface area contributed by atoms with E-state index >= 15 is 0 Å². The Morgan fingerprint density at radius 2 is 1.93 bits per heavy atom. The SMILES string of the molecule is COc1ccc(Cl)cc1NC(=O)C(C)(C)C(=O)N1CCCc2ccccc21. The largest absolute Gasteiger partial charge is 0.495 e. The molecule has 1 aliphatic heterocycles. The molecule has 2 aromatic carbocycles. The Morgan fingerprint density at radius 1 is 1.19 bits per heavy atom. The molecule has 0 aliphatic carbocycles. The number of fused-ring (bicyclic) bond motifs is 1. The Labute approximate surface area is 164 Å². The summed E-state index contributed by atoms with van der Waals surface area (Å²) in [7, 11) is 1.51. The molecular formula is C21H23ClN2O3. The second kappa shape index (κ2) is 7.61. The van der Waals surface area contributed by atoms with Crippen LogP contribution in [0.2, 0.25) is 5.02 Å². The van der Waals surface area contributed by atoms with Gasteiger partial charge in [0.1, 0.15) is 11.2 Å². The van der Waals surface area contributed by atoms with E-state index in [0.717, 1.165) is 24.1 Å². The van der Waals surface area contributed by atoms with E-state index in [1.165, 1.54) is 7.11 Å². The van der Waals surface area contributed by atoms with E-state index in [9.17, 15) is 9.59 Å². The number of amides is 2. The van der Waals surface area contributed by atoms with Crippen molar-refractivity contribution >= 4 is 34.8 Å². The highest BCUT2D eigenvalue weighted by Crippen LogP contribution is 2.33. The number of anilines is 2. The molecule has 0 radical (unpaired) electrons. The summed E-state index contributed by atoms with van der Waals surface area (Å²) < 4.78 is 5.27. The van der Waals surface area contributed by atoms with Crippen LogP contribution in [0.4, 0.5) is 11.4 Å². The molecule has 0 saturated carbocycles. The predicted octanol–water partition coefficient (Wildman–Crippen LogP) is 4.29. The molecule has 142 valence electrons. The number of rotatable bonds is 4. The lowest BCUT2D eigenvalue weighted by atomic mass is 9.88. The van der Waals surface area contributed by atoms with Crippen LogP contribution in [0.5, 0.6) is 5.75 Å². The number of benzene rings is 2. The monoisotopic (exact) mass is 386 g/mol. The number of para-hydroxylation sites is 1. The Balaban J connectivity index is 1.85. The Bertz CT molecular complexity index is 879. The molecule has 0 fully saturated rings. The van der Waals surface area contributed by atoms with Crippen molar-refractivity contribution < 1.29 is 14.3 Å². The van der Waals surface area contributed by atoms with Crippen LogP contribution in [-0.4, -0.2) is 25.5 Å². The summed E-state index contributed by atoms with van der Waals surface area (Å²) in [5.41, 5.74) is 1.20. The quantitative estimate of drug-likeness (QED) is 0.797. The average molecular weight is 387 g/mol. The highest BCUT2D eigenvalue weighted by atomic mass is 35.5. The number of nitrogens with one attached hydrogen (secondary N) is 1. The van der Waals surface area contributed by atoms with Crippen molar-refractivity contribution in [2.75, 3.05) is 23.9 Å². The molecule has 0 bridgehead atoms. The highest BCUT2D eigenvalue weighted by molar-refractivity contribution is 6.31. The van der Waals surface area contributed by atoms with E-state index in [4.69, 9.17) is 16.3 Å². The van der Waals surface area contributed by atoms with Gasteiger partial charge in [-0.15, -0.1) is 0 Å². The van der Waals surface area contributed by atoms with Crippen molar-refractivity contribution in [3.05, 3.63) is 53.1 Å². The zero-order valence-corrected chi connectivity index (χ0v) is 16.5. The average Bonchev–Trinajstić information content (AvgIpc) is 2.67. The summed E-state index contributed by atoms with van der Waals surface area (Å²) in [5, 5.41) is 3.26. The van der Waals surface area contributed by atoms with E-state index in [1.807, 2.05) is 24.3 Å². The fourth-order valence-corrected chi connectivity index (χ4v) is 3.41. The molecule has 1 heterocycles. The van der Waals surface area contributed by atoms with Crippen molar-refractivity contribution in [2.45, 2.75) is 26.7 Å². The number of hydrogen-bond donors (Lipinski definition) is 1. The summed E-state index contributed by atoms with van der Waals surface area (Å²) >= 11 is 6.03. The van der Waals surface area contributed by atoms with Gasteiger partial charge in [-0.05, 0) is 56.5 Å². The fourth-order valence-electron chi connectivity index (χ4n) is 3.24. The van der Waals surface area contributed by atoms with Crippen LogP contribution in [0.3, 0.4) is 0 Å². The molecule has 0 unspecified atom stereocenters. The summed E-state index contributed by atoms with van der Waals surface area (Å²) in [6.07, 6.45) is 1.81. The van der Waals surface area contributed by atoms with Gasteiger partial charge in [-0.3, -0.25) is 9.59 Å². The van der Waals surface area contributed by atoms with Crippen molar-refractivity contribution in [1.82, 2.24) is 0 Å². The van der Waals surface area contributed by atoms with Crippen molar-refractivity contribution in [2.24, 2.45) is 5.41 Å². The van der Waals surface area contributed by atoms with Crippen molar-refractivity contribution in [1.29, 1.82) is 0 Å². The van der Waals surface area contributed by atoms with Gasteiger partial charge in [-0.1, -0.05) is 29.8 Å². The van der Waals surface area contributed by atoms with E-state index in [0.29, 0.717) is 23.0 Å². The third kappa shape index (κ3) is 3.78. The Morgan fingerprint density at radius 3 is 2.67 bits per heavy atom. The maximum Gasteiger partial charge on any atom is 0.242 e. The first-order valence-electron chi connectivity index (χ1n) is 8.89. The van der Waals surface area contributed by atoms with Gasteiger partial charge in [0.2, 0.25) is 11.8 Å². The number of ether oxygens (including phenoxy) is 1. The number of methoxy groups -OCH3 is 1. The molecule has 2 amide bonds. The topological polar surface area (TPSA) is 58.6 Å². The smallest absolute Gasteiger partial charge is 0.242 e. The number of nitrogens with zero attached hydrogens (tertiary/aromatic N) is 1. The van der Waals surface area contributed by atoms with Gasteiger partial charge in [-0.2, -0.15) is 0 Å². The molecule has 0 atom stereocenters. The van der Waals surface area contributed by atoms with Crippen LogP contribution in [0, 0.1) is 5.41 Å². The third-order valence-electron chi connectivity index (χ3n) is 4.87. The van der Waals surface area contributed by atoms with Crippen molar-refractivity contribution in [3.63, 3.8) is 0 Å². The van der Waals surface area contributed by atoms with Crippen molar-refractivity contribution in [3.8, 4) is 5.75 Å². The molecule has 0 saturated heterocycles. The van der Waals surface area contributed by atoms with Gasteiger partial charge >= 0.3 is 0 Å². The minimum absolute atomic E-state index is 0.229. The molecule has 0 aromatic heterocycles. The van der Waals surface area contributed by atoms with E-state index < -0.39 is 11.3 Å². The zero-order chi connectivity index (χ0) is 19.6. The summed E-state index contributed by atoms with van der Waals surface area (Å²) in [6, 6.07) is 12.8. The van der Waals surface area contributed by atoms with Crippen LogP contribution < -0.4 is 15.0 Å². The maximum atomic E-state index is 13.2. The summed E-state index contributed by atoms with van der Waals surface area (Å²) in [6.45, 7) is 3.88. The summed E-state index contributed by atoms with van der Waals surface area (Å²) in [4.78, 5) is 27.9. The van der Waals surface area contributed by atoms with Crippen LogP contribution in [0.15, 0.2) is 42.5 Å². The first-order valence-corrected chi connectivity index (χ1v) is 9.27. The van der Waals surface area contributed by atoms with Gasteiger partial charge in [0.05, 0.1) is 12.8 Å². The zero-order valence-electron chi connectivity index (χ0n) is 15.7. The molecule has 6 heteroatoms. The maximum absolute atomic E-state index is 13.2. The fraction of sp³-hybridized carbons (Fsp3) is 0.333. The number of carbonyl (C=O) groups is 2. The van der Waals surface area contributed by atoms with Crippen LogP contribution in [0.25, 0.3) is 0 Å². The molecular weight excluding hydrogens is 364 g/mol. The highest BCUT2D eigenvalue weighted by Gasteiger charge is 2.41. The summed E-state index contributed by atoms with van der Waals surface area (Å²) in [5.74, 6) is -0.149. The van der Waals surface area contributed by atoms with E-state index in [2.05, 4.69) is 5.32 Å². The number of hydrogen-bond acceptors (Lipinski definition) is 3. The van der Waals surface area contributed by atoms with Crippen LogP contribution in [0.1, 0.15) is 25.8 Å². The van der Waals surface area contributed by atoms with Gasteiger partial charge in [0.15, 0.2) is 0 Å². The minimum atomic E-state index is -1.25. The lowest BCUT2D eigenvalue weighted by Crippen LogP contribution is -2.49. The van der Waals surface area contributed by atoms with Gasteiger partial charge in [0, 0.05) is 17.3 Å². The third-order valence-corrected chi connectivity index (χ3v) is 5.10. The van der Waals surface area contributed by atoms with Gasteiger partial charge in [0.25, 0.3) is 0 Å². The Hall–Kier alpha value is -2.53. The second-order valence-electron chi connectivity index (χ2n) is 7.11. The molecule has 5 nitrogen and oxygen atoms in total. The van der Waals surface area contributed by atoms with E-state index in [-0.39, 0.29) is 5.91 Å². The molecule has 2 aromatic rings. The standard InChI is InChI=1S/C21H23ClN2O3/c1-21(2,19(25)23-16-13-15(22)10-11-18(16)27-3)20(26)24-12-6-8-14-7-4-5-9-17(14)24/h4-5,7,9-11,13H,6,8,12H2,1-3H3,(H,23,25). The van der Waals surface area contributed by atoms with Crippen LogP contribution in [-0.2, 0) is 16.0 Å². The number of halogens is 1. The Kier molecular flexibility index (Phi) is 5.42. The minimum Gasteiger partial charge on any atom is -0.495 e. The molecule has 3 rings (SSSR count). The number of carbonyl (C=O) groups excluding carboxylic acids is 2. The molecule has 1 aliphatic rings. The lowest BCUT2D eigenvalue weighted by Gasteiger charge is -2.35. The first-order chi connectivity index (χ1) is 12.8. The van der Waals surface area contributed by atoms with Gasteiger partial charge in [-0.25, -0.2) is 0 Å². The lowest BCUT2D eigenvalue weighted by molar-refractivity contribution is -0.136. The number of aryl methyl sites for hydroxylation is 1. The molecule has 1 N–H and O–H groups in total. The molecule has 27 heavy (non-hydrogen) atoms. The first kappa shape index (κ1) is 19.2. The van der Waals surface area contributed by atoms with E-state index in [1.54, 1.807) is 36.9 Å². The van der Waals surface area contributed by atoms with Gasteiger partial charge < -0.3 is 15.0 Å². The van der Waals surface area contributed by atoms with Crippen LogP contribution >= 0.6 is 11.6 Å². The second-order valence-corrected chi connectivity index (χ2v) is 7.55. The predicted molar refractivity (Wildman–Crippen MR) is 108 cm³/mol. The molecule has 0 spiro atoms.